The van der Waals surface area contributed by atoms with E-state index >= 15 is 0 Å². The Bertz CT molecular complexity index is 3650. The molecule has 0 fully saturated rings. The summed E-state index contributed by atoms with van der Waals surface area (Å²) in [5.74, 6) is 0.646. The van der Waals surface area contributed by atoms with Gasteiger partial charge in [-0.2, -0.15) is 0 Å². The predicted octanol–water partition coefficient (Wildman–Crippen LogP) is 14.2. The fraction of sp³-hybridized carbons (Fsp3) is 0. The van der Waals surface area contributed by atoms with Crippen LogP contribution in [0.4, 0.5) is 0 Å². The van der Waals surface area contributed by atoms with Crippen LogP contribution >= 0.6 is 0 Å². The summed E-state index contributed by atoms with van der Waals surface area (Å²) in [6.45, 7) is 0. The number of para-hydroxylation sites is 4. The van der Waals surface area contributed by atoms with E-state index in [2.05, 4.69) is 228 Å². The van der Waals surface area contributed by atoms with E-state index in [4.69, 9.17) is 9.97 Å². The first-order valence-corrected chi connectivity index (χ1v) is 20.4. The number of hydrogen-bond donors (Lipinski definition) is 0. The second kappa shape index (κ2) is 13.8. The summed E-state index contributed by atoms with van der Waals surface area (Å²) < 4.78 is 4.65. The second-order valence-corrected chi connectivity index (χ2v) is 15.4. The maximum atomic E-state index is 5.49. The normalized spacial score (nSPS) is 12.1. The Labute approximate surface area is 346 Å². The van der Waals surface area contributed by atoms with Crippen LogP contribution in [0.25, 0.3) is 99.7 Å². The minimum Gasteiger partial charge on any atom is -0.310 e. The molecule has 60 heavy (non-hydrogen) atoms. The molecule has 0 aliphatic carbocycles. The third-order valence-electron chi connectivity index (χ3n) is 11.9. The standard InChI is InChI=1S/C56H36N4/c1-3-18-38(19-4-1)48(35-43-34-40-21-9-15-29-52(40)59(43)42-22-5-2-6-23-42)49-36-50-45-25-13-16-30-53(45)60(55(50)46-26-11-10-24-44(46)49)56-57-51-28-14-12-27-47(51)54(58-56)41-32-31-37-17-7-8-20-39(37)33-41/h1-36H/b48-35+. The number of nitrogens with zero attached hydrogens (tertiary/aromatic N) is 4. The zero-order valence-corrected chi connectivity index (χ0v) is 32.6. The van der Waals surface area contributed by atoms with E-state index < -0.39 is 0 Å². The number of hydrogen-bond acceptors (Lipinski definition) is 2. The van der Waals surface area contributed by atoms with Gasteiger partial charge in [0.1, 0.15) is 0 Å². The average molecular weight is 765 g/mol. The van der Waals surface area contributed by atoms with E-state index in [0.29, 0.717) is 5.95 Å². The van der Waals surface area contributed by atoms with Gasteiger partial charge in [0.2, 0.25) is 5.95 Å². The van der Waals surface area contributed by atoms with Gasteiger partial charge in [0, 0.05) is 43.9 Å². The molecule has 0 saturated heterocycles. The molecule has 0 saturated carbocycles. The highest BCUT2D eigenvalue weighted by Gasteiger charge is 2.22. The quantitative estimate of drug-likeness (QED) is 0.169. The molecule has 12 aromatic rings. The molecule has 0 aliphatic heterocycles. The van der Waals surface area contributed by atoms with Crippen molar-refractivity contribution in [3.8, 4) is 22.9 Å². The Morgan fingerprint density at radius 2 is 1.05 bits per heavy atom. The fourth-order valence-corrected chi connectivity index (χ4v) is 9.20. The van der Waals surface area contributed by atoms with Gasteiger partial charge in [-0.15, -0.1) is 0 Å². The lowest BCUT2D eigenvalue weighted by molar-refractivity contribution is 1.02. The topological polar surface area (TPSA) is 35.6 Å². The molecule has 0 N–H and O–H groups in total. The van der Waals surface area contributed by atoms with Crippen molar-refractivity contribution < 1.29 is 0 Å². The van der Waals surface area contributed by atoms with E-state index in [1.165, 1.54) is 21.7 Å². The van der Waals surface area contributed by atoms with Crippen molar-refractivity contribution in [2.24, 2.45) is 0 Å². The summed E-state index contributed by atoms with van der Waals surface area (Å²) in [4.78, 5) is 10.8. The molecule has 0 spiro atoms. The van der Waals surface area contributed by atoms with E-state index in [1.807, 2.05) is 0 Å². The van der Waals surface area contributed by atoms with Crippen LogP contribution in [0.15, 0.2) is 212 Å². The Morgan fingerprint density at radius 3 is 1.87 bits per heavy atom. The molecule has 3 aromatic heterocycles. The average Bonchev–Trinajstić information content (AvgIpc) is 3.86. The Morgan fingerprint density at radius 1 is 0.417 bits per heavy atom. The first-order chi connectivity index (χ1) is 29.8. The second-order valence-electron chi connectivity index (χ2n) is 15.4. The summed E-state index contributed by atoms with van der Waals surface area (Å²) >= 11 is 0. The molecular weight excluding hydrogens is 729 g/mol. The minimum absolute atomic E-state index is 0.646. The minimum atomic E-state index is 0.646. The van der Waals surface area contributed by atoms with E-state index in [0.717, 1.165) is 82.8 Å². The molecule has 0 atom stereocenters. The van der Waals surface area contributed by atoms with Gasteiger partial charge in [-0.3, -0.25) is 4.57 Å². The smallest absolute Gasteiger partial charge is 0.235 e. The van der Waals surface area contributed by atoms with Crippen molar-refractivity contribution in [1.29, 1.82) is 0 Å². The third kappa shape index (κ3) is 5.46. The van der Waals surface area contributed by atoms with Gasteiger partial charge in [-0.1, -0.05) is 164 Å². The molecule has 0 aliphatic rings. The highest BCUT2D eigenvalue weighted by atomic mass is 15.2. The molecule has 0 unspecified atom stereocenters. The van der Waals surface area contributed by atoms with Crippen molar-refractivity contribution in [3.63, 3.8) is 0 Å². The largest absolute Gasteiger partial charge is 0.310 e. The Kier molecular flexibility index (Phi) is 7.82. The van der Waals surface area contributed by atoms with Crippen LogP contribution in [0, 0.1) is 0 Å². The zero-order valence-electron chi connectivity index (χ0n) is 32.6. The lowest BCUT2D eigenvalue weighted by atomic mass is 9.90. The van der Waals surface area contributed by atoms with Crippen LogP contribution in [0.1, 0.15) is 16.8 Å². The zero-order chi connectivity index (χ0) is 39.6. The Balaban J connectivity index is 1.16. The number of fused-ring (bicyclic) bond motifs is 8. The van der Waals surface area contributed by atoms with Crippen LogP contribution in [0.5, 0.6) is 0 Å². The van der Waals surface area contributed by atoms with Gasteiger partial charge in [0.05, 0.1) is 27.8 Å². The predicted molar refractivity (Wildman–Crippen MR) is 251 cm³/mol. The maximum Gasteiger partial charge on any atom is 0.235 e. The number of aromatic nitrogens is 4. The van der Waals surface area contributed by atoms with Crippen molar-refractivity contribution >= 4 is 76.8 Å². The summed E-state index contributed by atoms with van der Waals surface area (Å²) in [6.07, 6.45) is 2.37. The molecule has 12 rings (SSSR count). The number of benzene rings is 9. The molecule has 4 heteroatoms. The molecular formula is C56H36N4. The fourth-order valence-electron chi connectivity index (χ4n) is 9.20. The monoisotopic (exact) mass is 764 g/mol. The molecule has 0 amide bonds. The van der Waals surface area contributed by atoms with Crippen LogP contribution < -0.4 is 0 Å². The molecule has 4 nitrogen and oxygen atoms in total. The van der Waals surface area contributed by atoms with Crippen molar-refractivity contribution in [3.05, 3.63) is 229 Å². The summed E-state index contributed by atoms with van der Waals surface area (Å²) in [5.41, 5.74) is 11.9. The highest BCUT2D eigenvalue weighted by Crippen LogP contribution is 2.42. The first-order valence-electron chi connectivity index (χ1n) is 20.4. The van der Waals surface area contributed by atoms with Crippen LogP contribution in [-0.2, 0) is 0 Å². The van der Waals surface area contributed by atoms with Gasteiger partial charge in [0.15, 0.2) is 0 Å². The van der Waals surface area contributed by atoms with E-state index in [9.17, 15) is 0 Å². The van der Waals surface area contributed by atoms with E-state index in [-0.39, 0.29) is 0 Å². The van der Waals surface area contributed by atoms with E-state index in [1.54, 1.807) is 0 Å². The van der Waals surface area contributed by atoms with Gasteiger partial charge in [0.25, 0.3) is 0 Å². The first kappa shape index (κ1) is 34.0. The number of rotatable bonds is 6. The SMILES string of the molecule is C(=C(/c1ccccc1)c1cc2c3ccccc3n(-c3nc(-c4ccc5ccccc5c4)c4ccccc4n3)c2c2ccccc12)/c1cc2ccccc2n1-c1ccccc1. The molecule has 0 bridgehead atoms. The molecule has 280 valence electrons. The molecule has 3 heterocycles. The lowest BCUT2D eigenvalue weighted by Crippen LogP contribution is -2.04. The summed E-state index contributed by atoms with van der Waals surface area (Å²) in [6, 6.07) is 75.8. The van der Waals surface area contributed by atoms with Crippen LogP contribution in [0.3, 0.4) is 0 Å². The van der Waals surface area contributed by atoms with Gasteiger partial charge in [-0.05, 0) is 87.5 Å². The molecule has 0 radical (unpaired) electrons. The lowest BCUT2D eigenvalue weighted by Gasteiger charge is -2.16. The summed E-state index contributed by atoms with van der Waals surface area (Å²) in [7, 11) is 0. The van der Waals surface area contributed by atoms with Crippen LogP contribution in [-0.4, -0.2) is 19.1 Å². The van der Waals surface area contributed by atoms with Crippen molar-refractivity contribution in [1.82, 2.24) is 19.1 Å². The Hall–Kier alpha value is -8.08. The summed E-state index contributed by atoms with van der Waals surface area (Å²) in [5, 5.41) is 9.19. The van der Waals surface area contributed by atoms with Gasteiger partial charge < -0.3 is 4.57 Å². The molecule has 9 aromatic carbocycles. The van der Waals surface area contributed by atoms with Crippen LogP contribution in [0.2, 0.25) is 0 Å². The van der Waals surface area contributed by atoms with Gasteiger partial charge in [-0.25, -0.2) is 9.97 Å². The maximum absolute atomic E-state index is 5.49. The van der Waals surface area contributed by atoms with Gasteiger partial charge >= 0.3 is 0 Å². The highest BCUT2D eigenvalue weighted by molar-refractivity contribution is 6.22. The third-order valence-corrected chi connectivity index (χ3v) is 11.9. The van der Waals surface area contributed by atoms with Crippen molar-refractivity contribution in [2.45, 2.75) is 0 Å². The van der Waals surface area contributed by atoms with Crippen molar-refractivity contribution in [2.75, 3.05) is 0 Å².